The number of hydrogen-bond donors (Lipinski definition) is 1. The molecule has 2 aromatic carbocycles. The van der Waals surface area contributed by atoms with Gasteiger partial charge in [-0.2, -0.15) is 31.6 Å². The van der Waals surface area contributed by atoms with E-state index in [0.29, 0.717) is 12.1 Å². The zero-order chi connectivity index (χ0) is 23.0. The molecule has 0 aliphatic heterocycles. The third kappa shape index (κ3) is 4.35. The van der Waals surface area contributed by atoms with Gasteiger partial charge in [0.15, 0.2) is 0 Å². The van der Waals surface area contributed by atoms with E-state index in [4.69, 9.17) is 16.9 Å². The summed E-state index contributed by atoms with van der Waals surface area (Å²) in [6, 6.07) is 2.72. The molecule has 0 unspecified atom stereocenters. The molecule has 2 aromatic rings. The first-order valence-corrected chi connectivity index (χ1v) is 7.67. The first-order valence-electron chi connectivity index (χ1n) is 7.29. The van der Waals surface area contributed by atoms with Gasteiger partial charge < -0.3 is 5.32 Å². The van der Waals surface area contributed by atoms with Gasteiger partial charge in [0, 0.05) is 6.07 Å². The first-order chi connectivity index (χ1) is 13.7. The Kier molecular flexibility index (Phi) is 5.80. The molecule has 0 fully saturated rings. The van der Waals surface area contributed by atoms with Crippen molar-refractivity contribution in [1.82, 2.24) is 0 Å². The Balaban J connectivity index is 2.82. The van der Waals surface area contributed by atoms with Gasteiger partial charge in [-0.05, 0) is 12.1 Å². The third-order valence-corrected chi connectivity index (χ3v) is 4.01. The van der Waals surface area contributed by atoms with E-state index in [1.807, 2.05) is 0 Å². The lowest BCUT2D eigenvalue weighted by Gasteiger charge is -2.18. The molecule has 0 radical (unpaired) electrons. The molecule has 8 nitrogen and oxygen atoms in total. The number of nitrogens with one attached hydrogen (secondary N) is 1. The molecule has 0 aliphatic carbocycles. The summed E-state index contributed by atoms with van der Waals surface area (Å²) >= 11 is 5.61. The molecule has 0 aliphatic rings. The van der Waals surface area contributed by atoms with Gasteiger partial charge in [0.05, 0.1) is 49.4 Å². The van der Waals surface area contributed by atoms with Crippen LogP contribution in [0.15, 0.2) is 24.3 Å². The van der Waals surface area contributed by atoms with Gasteiger partial charge >= 0.3 is 12.4 Å². The number of hydrogen-bond acceptors (Lipinski definition) is 6. The molecule has 0 saturated heterocycles. The molecule has 0 amide bonds. The standard InChI is InChI=1S/C15H5ClF6N4O4/c16-12-9(2-1-6(5-23)11(12)15(20,21)22)24-13-8(14(17,18)19)3-7(25(27)28)4-10(13)26(29)30/h1-4,24H. The summed E-state index contributed by atoms with van der Waals surface area (Å²) < 4.78 is 79.8. The van der Waals surface area contributed by atoms with Crippen molar-refractivity contribution in [2.75, 3.05) is 5.32 Å². The van der Waals surface area contributed by atoms with E-state index in [9.17, 15) is 46.6 Å². The number of nitro groups is 2. The van der Waals surface area contributed by atoms with Crippen molar-refractivity contribution in [3.05, 3.63) is 66.2 Å². The van der Waals surface area contributed by atoms with Crippen molar-refractivity contribution in [1.29, 1.82) is 5.26 Å². The summed E-state index contributed by atoms with van der Waals surface area (Å²) in [4.78, 5) is 19.3. The molecular weight excluding hydrogens is 450 g/mol. The van der Waals surface area contributed by atoms with Crippen LogP contribution in [-0.2, 0) is 12.4 Å². The minimum atomic E-state index is -5.36. The molecule has 1 N–H and O–H groups in total. The number of halogens is 7. The van der Waals surface area contributed by atoms with Crippen LogP contribution >= 0.6 is 11.6 Å². The van der Waals surface area contributed by atoms with E-state index >= 15 is 0 Å². The fourth-order valence-electron chi connectivity index (χ4n) is 2.39. The van der Waals surface area contributed by atoms with E-state index in [1.165, 1.54) is 6.07 Å². The van der Waals surface area contributed by atoms with Crippen LogP contribution in [-0.4, -0.2) is 9.85 Å². The summed E-state index contributed by atoms with van der Waals surface area (Å²) in [7, 11) is 0. The van der Waals surface area contributed by atoms with Crippen molar-refractivity contribution in [2.24, 2.45) is 0 Å². The van der Waals surface area contributed by atoms with Crippen LogP contribution in [0, 0.1) is 31.6 Å². The van der Waals surface area contributed by atoms with Gasteiger partial charge in [0.1, 0.15) is 5.69 Å². The largest absolute Gasteiger partial charge is 0.419 e. The maximum absolute atomic E-state index is 13.4. The van der Waals surface area contributed by atoms with E-state index in [1.54, 1.807) is 5.32 Å². The predicted octanol–water partition coefficient (Wildman–Crippen LogP) is 5.81. The monoisotopic (exact) mass is 454 g/mol. The quantitative estimate of drug-likeness (QED) is 0.353. The first kappa shape index (κ1) is 22.7. The molecular formula is C15H5ClF6N4O4. The number of anilines is 2. The maximum Gasteiger partial charge on any atom is 0.419 e. The number of rotatable bonds is 4. The molecule has 0 bridgehead atoms. The van der Waals surface area contributed by atoms with E-state index < -0.39 is 66.7 Å². The van der Waals surface area contributed by atoms with Crippen LogP contribution in [0.1, 0.15) is 16.7 Å². The number of nitrogens with zero attached hydrogens (tertiary/aromatic N) is 3. The van der Waals surface area contributed by atoms with Crippen LogP contribution in [0.25, 0.3) is 0 Å². The fraction of sp³-hybridized carbons (Fsp3) is 0.133. The van der Waals surface area contributed by atoms with Crippen molar-refractivity contribution in [2.45, 2.75) is 12.4 Å². The topological polar surface area (TPSA) is 122 Å². The Hall–Kier alpha value is -3.60. The maximum atomic E-state index is 13.4. The van der Waals surface area contributed by atoms with Gasteiger partial charge in [0.25, 0.3) is 11.4 Å². The van der Waals surface area contributed by atoms with Crippen molar-refractivity contribution < 1.29 is 36.2 Å². The summed E-state index contributed by atoms with van der Waals surface area (Å²) in [5.41, 5.74) is -9.38. The number of nitro benzene ring substituents is 2. The average molecular weight is 455 g/mol. The highest BCUT2D eigenvalue weighted by atomic mass is 35.5. The van der Waals surface area contributed by atoms with Gasteiger partial charge in [-0.15, -0.1) is 0 Å². The molecule has 2 rings (SSSR count). The summed E-state index contributed by atoms with van der Waals surface area (Å²) in [5, 5.41) is 31.4. The normalized spacial score (nSPS) is 11.7. The van der Waals surface area contributed by atoms with Gasteiger partial charge in [-0.1, -0.05) is 11.6 Å². The van der Waals surface area contributed by atoms with Gasteiger partial charge in [0.2, 0.25) is 0 Å². The Labute approximate surface area is 166 Å². The smallest absolute Gasteiger partial charge is 0.348 e. The van der Waals surface area contributed by atoms with Crippen molar-refractivity contribution in [3.8, 4) is 6.07 Å². The molecule has 15 heteroatoms. The van der Waals surface area contributed by atoms with Crippen molar-refractivity contribution >= 4 is 34.4 Å². The van der Waals surface area contributed by atoms with Gasteiger partial charge in [-0.25, -0.2) is 0 Å². The number of alkyl halides is 6. The highest BCUT2D eigenvalue weighted by Gasteiger charge is 2.41. The van der Waals surface area contributed by atoms with Gasteiger partial charge in [-0.3, -0.25) is 20.2 Å². The summed E-state index contributed by atoms with van der Waals surface area (Å²) in [6.07, 6.45) is -10.5. The minimum absolute atomic E-state index is 0.0163. The average Bonchev–Trinajstić information content (AvgIpc) is 2.60. The highest BCUT2D eigenvalue weighted by molar-refractivity contribution is 6.34. The Morgan fingerprint density at radius 2 is 1.60 bits per heavy atom. The zero-order valence-corrected chi connectivity index (χ0v) is 14.7. The van der Waals surface area contributed by atoms with E-state index in [0.717, 1.165) is 0 Å². The lowest BCUT2D eigenvalue weighted by atomic mass is 10.1. The molecule has 0 saturated carbocycles. The molecule has 0 heterocycles. The van der Waals surface area contributed by atoms with Crippen LogP contribution in [0.5, 0.6) is 0 Å². The molecule has 30 heavy (non-hydrogen) atoms. The highest BCUT2D eigenvalue weighted by Crippen LogP contribution is 2.46. The molecule has 0 atom stereocenters. The van der Waals surface area contributed by atoms with E-state index in [-0.39, 0.29) is 12.1 Å². The zero-order valence-electron chi connectivity index (χ0n) is 13.9. The second-order valence-electron chi connectivity index (χ2n) is 5.48. The summed E-state index contributed by atoms with van der Waals surface area (Å²) in [6.45, 7) is 0. The second kappa shape index (κ2) is 7.67. The lowest BCUT2D eigenvalue weighted by molar-refractivity contribution is -0.394. The van der Waals surface area contributed by atoms with Crippen LogP contribution < -0.4 is 5.32 Å². The molecule has 0 aromatic heterocycles. The Morgan fingerprint density at radius 3 is 2.03 bits per heavy atom. The molecule has 158 valence electrons. The Morgan fingerprint density at radius 1 is 1.00 bits per heavy atom. The minimum Gasteiger partial charge on any atom is -0.348 e. The second-order valence-corrected chi connectivity index (χ2v) is 5.86. The van der Waals surface area contributed by atoms with Crippen molar-refractivity contribution in [3.63, 3.8) is 0 Å². The third-order valence-electron chi connectivity index (χ3n) is 3.62. The van der Waals surface area contributed by atoms with E-state index in [2.05, 4.69) is 0 Å². The number of non-ortho nitro benzene ring substituents is 1. The fourth-order valence-corrected chi connectivity index (χ4v) is 2.71. The van der Waals surface area contributed by atoms with Crippen LogP contribution in [0.2, 0.25) is 5.02 Å². The number of nitriles is 1. The lowest BCUT2D eigenvalue weighted by Crippen LogP contribution is -2.13. The van der Waals surface area contributed by atoms with Crippen LogP contribution in [0.4, 0.5) is 49.1 Å². The Bertz CT molecular complexity index is 1090. The summed E-state index contributed by atoms with van der Waals surface area (Å²) in [5.74, 6) is 0. The SMILES string of the molecule is N#Cc1ccc(Nc2c([N+](=O)[O-])cc([N+](=O)[O-])cc2C(F)(F)F)c(Cl)c1C(F)(F)F. The number of benzene rings is 2. The van der Waals surface area contributed by atoms with Crippen LogP contribution in [0.3, 0.4) is 0 Å². The molecule has 0 spiro atoms. The predicted molar refractivity (Wildman–Crippen MR) is 89.2 cm³/mol.